The quantitative estimate of drug-likeness (QED) is 0.123. The predicted molar refractivity (Wildman–Crippen MR) is 300 cm³/mol. The molecule has 0 bridgehead atoms. The van der Waals surface area contributed by atoms with Gasteiger partial charge in [-0.2, -0.15) is 0 Å². The van der Waals surface area contributed by atoms with Crippen LogP contribution in [0.4, 0.5) is 0 Å². The van der Waals surface area contributed by atoms with Crippen LogP contribution in [-0.4, -0.2) is 15.0 Å². The molecule has 3 nitrogen and oxygen atoms in total. The molecule has 1 heterocycles. The van der Waals surface area contributed by atoms with Crippen LogP contribution in [0.3, 0.4) is 0 Å². The maximum atomic E-state index is 5.16. The smallest absolute Gasteiger partial charge is 0.164 e. The molecule has 0 spiro atoms. The Morgan fingerprint density at radius 2 is 0.657 bits per heavy atom. The SMILES string of the molecule is CC(C)(C)c1ccc(-c2nc(-c3ccc(-c4ccccc4-c4c5ccccc5c(-c5cc(C(C)(C)C)cc(C(C)(C)C)c5)c5ccc6ccccc6c45)cc3)nc(-c3ccc(C(C)(C)C)cc3)n2)cc1. The van der Waals surface area contributed by atoms with Gasteiger partial charge in [0, 0.05) is 16.7 Å². The second-order valence-corrected chi connectivity index (χ2v) is 23.4. The summed E-state index contributed by atoms with van der Waals surface area (Å²) in [6.45, 7) is 27.4. The molecule has 0 unspecified atom stereocenters. The van der Waals surface area contributed by atoms with Crippen LogP contribution in [0.15, 0.2) is 176 Å². The molecule has 0 atom stereocenters. The molecule has 1 aromatic heterocycles. The van der Waals surface area contributed by atoms with Gasteiger partial charge in [-0.15, -0.1) is 0 Å². The van der Waals surface area contributed by atoms with E-state index in [1.807, 2.05) is 0 Å². The molecule has 0 saturated heterocycles. The Morgan fingerprint density at radius 3 is 1.13 bits per heavy atom. The van der Waals surface area contributed by atoms with Crippen LogP contribution in [0.2, 0.25) is 0 Å². The molecule has 0 N–H and O–H groups in total. The topological polar surface area (TPSA) is 38.7 Å². The number of hydrogen-bond acceptors (Lipinski definition) is 3. The molecule has 0 aliphatic carbocycles. The third kappa shape index (κ3) is 8.83. The first kappa shape index (κ1) is 46.5. The van der Waals surface area contributed by atoms with Crippen LogP contribution in [0.5, 0.6) is 0 Å². The lowest BCUT2D eigenvalue weighted by molar-refractivity contribution is 0.569. The summed E-state index contributed by atoms with van der Waals surface area (Å²) < 4.78 is 0. The van der Waals surface area contributed by atoms with E-state index in [9.17, 15) is 0 Å². The summed E-state index contributed by atoms with van der Waals surface area (Å²) >= 11 is 0. The predicted octanol–water partition coefficient (Wildman–Crippen LogP) is 18.5. The Balaban J connectivity index is 1.15. The molecule has 0 aliphatic heterocycles. The summed E-state index contributed by atoms with van der Waals surface area (Å²) in [5, 5.41) is 7.48. The zero-order valence-electron chi connectivity index (χ0n) is 43.1. The minimum absolute atomic E-state index is 0.0203. The van der Waals surface area contributed by atoms with Gasteiger partial charge in [-0.25, -0.2) is 15.0 Å². The number of rotatable bonds is 6. The van der Waals surface area contributed by atoms with E-state index in [0.717, 1.165) is 22.3 Å². The molecule has 0 fully saturated rings. The van der Waals surface area contributed by atoms with Crippen molar-refractivity contribution in [3.63, 3.8) is 0 Å². The summed E-state index contributed by atoms with van der Waals surface area (Å²) in [5.74, 6) is 1.96. The first-order chi connectivity index (χ1) is 33.2. The monoisotopic (exact) mass is 912 g/mol. The largest absolute Gasteiger partial charge is 0.208 e. The van der Waals surface area contributed by atoms with Gasteiger partial charge in [0.15, 0.2) is 17.5 Å². The van der Waals surface area contributed by atoms with Crippen LogP contribution in [-0.2, 0) is 21.7 Å². The highest BCUT2D eigenvalue weighted by Gasteiger charge is 2.26. The van der Waals surface area contributed by atoms with Crippen LogP contribution in [0.1, 0.15) is 105 Å². The fraction of sp³-hybridized carbons (Fsp3) is 0.239. The van der Waals surface area contributed by atoms with Gasteiger partial charge in [-0.1, -0.05) is 259 Å². The highest BCUT2D eigenvalue weighted by molar-refractivity contribution is 6.28. The zero-order chi connectivity index (χ0) is 49.3. The molecule has 0 aliphatic rings. The summed E-state index contributed by atoms with van der Waals surface area (Å²) in [5.41, 5.74) is 15.4. The van der Waals surface area contributed by atoms with Gasteiger partial charge in [0.25, 0.3) is 0 Å². The molecule has 70 heavy (non-hydrogen) atoms. The Kier molecular flexibility index (Phi) is 11.5. The van der Waals surface area contributed by atoms with Crippen molar-refractivity contribution in [1.29, 1.82) is 0 Å². The Labute approximate surface area is 415 Å². The summed E-state index contributed by atoms with van der Waals surface area (Å²) in [7, 11) is 0. The van der Waals surface area contributed by atoms with Crippen molar-refractivity contribution in [2.75, 3.05) is 0 Å². The van der Waals surface area contributed by atoms with E-state index in [2.05, 4.69) is 259 Å². The molecule has 10 rings (SSSR count). The summed E-state index contributed by atoms with van der Waals surface area (Å²) in [4.78, 5) is 15.4. The van der Waals surface area contributed by atoms with Crippen LogP contribution in [0, 0.1) is 0 Å². The molecule has 0 radical (unpaired) electrons. The van der Waals surface area contributed by atoms with Gasteiger partial charge in [0.2, 0.25) is 0 Å². The standard InChI is InChI=1S/C67H65N3/c1-64(2,3)48-34-29-45(30-35-48)62-68-61(69-63(70-62)46-31-36-49(37-32-46)65(4,5)6)44-27-25-43(26-28-44)52-20-15-16-22-54(52)60-56-24-18-17-23-55(56)58(57-38-33-42-19-13-14-21-53(42)59(57)60)47-39-50(66(7,8)9)41-51(40-47)67(10,11)12/h13-41H,1-12H3. The Bertz CT molecular complexity index is 3480. The summed E-state index contributed by atoms with van der Waals surface area (Å²) in [6, 6.07) is 65.0. The minimum Gasteiger partial charge on any atom is -0.208 e. The van der Waals surface area contributed by atoms with E-state index >= 15 is 0 Å². The second kappa shape index (κ2) is 17.3. The van der Waals surface area contributed by atoms with E-state index in [1.165, 1.54) is 82.4 Å². The van der Waals surface area contributed by atoms with Crippen molar-refractivity contribution in [2.45, 2.75) is 105 Å². The van der Waals surface area contributed by atoms with Gasteiger partial charge in [-0.05, 0) is 110 Å². The number of hydrogen-bond donors (Lipinski definition) is 0. The fourth-order valence-electron chi connectivity index (χ4n) is 9.93. The highest BCUT2D eigenvalue weighted by atomic mass is 15.0. The maximum absolute atomic E-state index is 5.16. The first-order valence-electron chi connectivity index (χ1n) is 24.9. The number of aromatic nitrogens is 3. The normalized spacial score (nSPS) is 12.6. The van der Waals surface area contributed by atoms with Crippen LogP contribution in [0.25, 0.3) is 99.9 Å². The molecule has 10 aromatic rings. The number of nitrogens with zero attached hydrogens (tertiary/aromatic N) is 3. The Morgan fingerprint density at radius 1 is 0.271 bits per heavy atom. The van der Waals surface area contributed by atoms with Crippen molar-refractivity contribution in [2.24, 2.45) is 0 Å². The fourth-order valence-corrected chi connectivity index (χ4v) is 9.93. The van der Waals surface area contributed by atoms with Crippen LogP contribution < -0.4 is 0 Å². The number of fused-ring (bicyclic) bond motifs is 4. The molecule has 0 amide bonds. The number of benzene rings is 9. The van der Waals surface area contributed by atoms with Crippen molar-refractivity contribution in [3.8, 4) is 67.5 Å². The van der Waals surface area contributed by atoms with E-state index in [1.54, 1.807) is 0 Å². The lowest BCUT2D eigenvalue weighted by atomic mass is 9.77. The highest BCUT2D eigenvalue weighted by Crippen LogP contribution is 2.49. The van der Waals surface area contributed by atoms with Gasteiger partial charge >= 0.3 is 0 Å². The second-order valence-electron chi connectivity index (χ2n) is 23.4. The Hall–Kier alpha value is -7.23. The molecule has 0 saturated carbocycles. The lowest BCUT2D eigenvalue weighted by Gasteiger charge is -2.27. The van der Waals surface area contributed by atoms with E-state index in [4.69, 9.17) is 15.0 Å². The third-order valence-corrected chi connectivity index (χ3v) is 14.2. The minimum atomic E-state index is -0.0203. The molecular formula is C67H65N3. The van der Waals surface area contributed by atoms with Crippen LogP contribution >= 0.6 is 0 Å². The van der Waals surface area contributed by atoms with E-state index in [-0.39, 0.29) is 21.7 Å². The van der Waals surface area contributed by atoms with Crippen molar-refractivity contribution >= 4 is 32.3 Å². The van der Waals surface area contributed by atoms with E-state index in [0.29, 0.717) is 17.5 Å². The van der Waals surface area contributed by atoms with Crippen molar-refractivity contribution in [3.05, 3.63) is 198 Å². The molecule has 3 heteroatoms. The van der Waals surface area contributed by atoms with Gasteiger partial charge in [0.05, 0.1) is 0 Å². The lowest BCUT2D eigenvalue weighted by Crippen LogP contribution is -2.16. The average Bonchev–Trinajstić information content (AvgIpc) is 3.34. The zero-order valence-corrected chi connectivity index (χ0v) is 43.1. The summed E-state index contributed by atoms with van der Waals surface area (Å²) in [6.07, 6.45) is 0. The maximum Gasteiger partial charge on any atom is 0.164 e. The van der Waals surface area contributed by atoms with Gasteiger partial charge < -0.3 is 0 Å². The molecular weight excluding hydrogens is 847 g/mol. The average molecular weight is 912 g/mol. The van der Waals surface area contributed by atoms with Crippen molar-refractivity contribution in [1.82, 2.24) is 15.0 Å². The van der Waals surface area contributed by atoms with E-state index < -0.39 is 0 Å². The first-order valence-corrected chi connectivity index (χ1v) is 24.9. The third-order valence-electron chi connectivity index (χ3n) is 14.2. The molecule has 9 aromatic carbocycles. The van der Waals surface area contributed by atoms with Crippen molar-refractivity contribution < 1.29 is 0 Å². The molecule has 348 valence electrons. The van der Waals surface area contributed by atoms with Gasteiger partial charge in [-0.3, -0.25) is 0 Å². The van der Waals surface area contributed by atoms with Gasteiger partial charge in [0.1, 0.15) is 0 Å².